The largest absolute Gasteiger partial charge is 0.382 e. The van der Waals surface area contributed by atoms with Crippen molar-refractivity contribution in [1.29, 1.82) is 0 Å². The molecule has 0 aliphatic rings. The van der Waals surface area contributed by atoms with Crippen molar-refractivity contribution in [1.82, 2.24) is 9.55 Å². The van der Waals surface area contributed by atoms with Crippen LogP contribution < -0.4 is 5.32 Å². The number of hydrogen-bond acceptors (Lipinski definition) is 5. The van der Waals surface area contributed by atoms with Crippen LogP contribution in [0.1, 0.15) is 0 Å². The number of anilines is 1. The zero-order valence-corrected chi connectivity index (χ0v) is 13.4. The van der Waals surface area contributed by atoms with Crippen LogP contribution in [0.5, 0.6) is 0 Å². The van der Waals surface area contributed by atoms with Gasteiger partial charge in [0.1, 0.15) is 6.61 Å². The highest BCUT2D eigenvalue weighted by molar-refractivity contribution is 7.99. The van der Waals surface area contributed by atoms with Crippen LogP contribution in [0.25, 0.3) is 0 Å². The minimum absolute atomic E-state index is 0.00473. The Morgan fingerprint density at radius 2 is 2.18 bits per heavy atom. The SMILES string of the molecule is COCCOCC(=O)Nc1ccccc1Sc1nccn1C. The van der Waals surface area contributed by atoms with Crippen molar-refractivity contribution in [2.24, 2.45) is 7.05 Å². The molecule has 1 aromatic heterocycles. The number of nitrogens with one attached hydrogen (secondary N) is 1. The number of aromatic nitrogens is 2. The van der Waals surface area contributed by atoms with E-state index in [1.165, 1.54) is 11.8 Å². The first kappa shape index (κ1) is 16.5. The maximum absolute atomic E-state index is 11.9. The highest BCUT2D eigenvalue weighted by Crippen LogP contribution is 2.31. The standard InChI is InChI=1S/C15H19N3O3S/c1-18-8-7-16-15(18)22-13-6-4-3-5-12(13)17-14(19)11-21-10-9-20-2/h3-8H,9-11H2,1-2H3,(H,17,19). The number of nitrogens with zero attached hydrogens (tertiary/aromatic N) is 2. The Kier molecular flexibility index (Phi) is 6.45. The molecule has 0 spiro atoms. The molecule has 2 aromatic rings. The van der Waals surface area contributed by atoms with Gasteiger partial charge in [0.2, 0.25) is 5.91 Å². The lowest BCUT2D eigenvalue weighted by molar-refractivity contribution is -0.121. The molecule has 1 N–H and O–H groups in total. The molecule has 0 aliphatic heterocycles. The van der Waals surface area contributed by atoms with E-state index in [1.807, 2.05) is 42.1 Å². The molecule has 0 radical (unpaired) electrons. The first-order valence-corrected chi connectivity index (χ1v) is 7.63. The van der Waals surface area contributed by atoms with Crippen LogP contribution >= 0.6 is 11.8 Å². The normalized spacial score (nSPS) is 10.6. The summed E-state index contributed by atoms with van der Waals surface area (Å²) in [6.07, 6.45) is 3.63. The van der Waals surface area contributed by atoms with Gasteiger partial charge in [-0.25, -0.2) is 4.98 Å². The highest BCUT2D eigenvalue weighted by atomic mass is 32.2. The minimum atomic E-state index is -0.191. The van der Waals surface area contributed by atoms with Gasteiger partial charge in [-0.05, 0) is 23.9 Å². The second-order valence-corrected chi connectivity index (χ2v) is 5.52. The molecule has 118 valence electrons. The summed E-state index contributed by atoms with van der Waals surface area (Å²) in [6.45, 7) is 0.872. The number of ether oxygens (including phenoxy) is 2. The third-order valence-electron chi connectivity index (χ3n) is 2.80. The number of amides is 1. The first-order chi connectivity index (χ1) is 10.7. The molecular weight excluding hydrogens is 302 g/mol. The van der Waals surface area contributed by atoms with E-state index in [9.17, 15) is 4.79 Å². The Morgan fingerprint density at radius 3 is 2.91 bits per heavy atom. The predicted octanol–water partition coefficient (Wildman–Crippen LogP) is 2.17. The zero-order chi connectivity index (χ0) is 15.8. The van der Waals surface area contributed by atoms with Crippen LogP contribution in [0.3, 0.4) is 0 Å². The molecule has 0 aliphatic carbocycles. The summed E-state index contributed by atoms with van der Waals surface area (Å²) in [5, 5.41) is 3.72. The summed E-state index contributed by atoms with van der Waals surface area (Å²) in [5.74, 6) is -0.191. The summed E-state index contributed by atoms with van der Waals surface area (Å²) in [5.41, 5.74) is 0.746. The Bertz CT molecular complexity index is 616. The fraction of sp³-hybridized carbons (Fsp3) is 0.333. The van der Waals surface area contributed by atoms with E-state index in [-0.39, 0.29) is 12.5 Å². The highest BCUT2D eigenvalue weighted by Gasteiger charge is 2.10. The lowest BCUT2D eigenvalue weighted by Gasteiger charge is -2.10. The lowest BCUT2D eigenvalue weighted by atomic mass is 10.3. The summed E-state index contributed by atoms with van der Waals surface area (Å²) < 4.78 is 12.0. The molecule has 2 rings (SSSR count). The van der Waals surface area contributed by atoms with Crippen molar-refractivity contribution < 1.29 is 14.3 Å². The number of methoxy groups -OCH3 is 1. The van der Waals surface area contributed by atoms with Gasteiger partial charge in [0.25, 0.3) is 0 Å². The first-order valence-electron chi connectivity index (χ1n) is 6.81. The van der Waals surface area contributed by atoms with Crippen molar-refractivity contribution in [3.05, 3.63) is 36.7 Å². The average Bonchev–Trinajstić information content (AvgIpc) is 2.91. The molecule has 0 saturated carbocycles. The van der Waals surface area contributed by atoms with Crippen LogP contribution in [0.15, 0.2) is 46.7 Å². The summed E-state index contributed by atoms with van der Waals surface area (Å²) in [4.78, 5) is 17.1. The van der Waals surface area contributed by atoms with E-state index >= 15 is 0 Å². The summed E-state index contributed by atoms with van der Waals surface area (Å²) in [7, 11) is 3.52. The third-order valence-corrected chi connectivity index (χ3v) is 3.96. The van der Waals surface area contributed by atoms with Crippen molar-refractivity contribution in [2.75, 3.05) is 32.2 Å². The van der Waals surface area contributed by atoms with Crippen molar-refractivity contribution in [3.8, 4) is 0 Å². The molecule has 0 unspecified atom stereocenters. The number of hydrogen-bond donors (Lipinski definition) is 1. The van der Waals surface area contributed by atoms with E-state index in [2.05, 4.69) is 10.3 Å². The van der Waals surface area contributed by atoms with Gasteiger partial charge in [0.15, 0.2) is 5.16 Å². The van der Waals surface area contributed by atoms with Gasteiger partial charge in [-0.15, -0.1) is 0 Å². The molecule has 1 heterocycles. The lowest BCUT2D eigenvalue weighted by Crippen LogP contribution is -2.20. The Hall–Kier alpha value is -1.83. The Morgan fingerprint density at radius 1 is 1.36 bits per heavy atom. The molecule has 7 heteroatoms. The van der Waals surface area contributed by atoms with Crippen LogP contribution in [0, 0.1) is 0 Å². The Balaban J connectivity index is 1.96. The van der Waals surface area contributed by atoms with Crippen LogP contribution in [-0.2, 0) is 21.3 Å². The smallest absolute Gasteiger partial charge is 0.250 e. The van der Waals surface area contributed by atoms with Gasteiger partial charge in [0, 0.05) is 31.4 Å². The molecule has 0 atom stereocenters. The van der Waals surface area contributed by atoms with Crippen LogP contribution in [0.4, 0.5) is 5.69 Å². The maximum atomic E-state index is 11.9. The summed E-state index contributed by atoms with van der Waals surface area (Å²) in [6, 6.07) is 7.61. The third kappa shape index (κ3) is 4.87. The number of para-hydroxylation sites is 1. The van der Waals surface area contributed by atoms with Gasteiger partial charge in [0.05, 0.1) is 18.9 Å². The fourth-order valence-corrected chi connectivity index (χ4v) is 2.59. The minimum Gasteiger partial charge on any atom is -0.382 e. The monoisotopic (exact) mass is 321 g/mol. The maximum Gasteiger partial charge on any atom is 0.250 e. The van der Waals surface area contributed by atoms with E-state index < -0.39 is 0 Å². The average molecular weight is 321 g/mol. The van der Waals surface area contributed by atoms with Crippen molar-refractivity contribution >= 4 is 23.4 Å². The van der Waals surface area contributed by atoms with Crippen LogP contribution in [-0.4, -0.2) is 42.4 Å². The van der Waals surface area contributed by atoms with Crippen molar-refractivity contribution in [3.63, 3.8) is 0 Å². The van der Waals surface area contributed by atoms with Gasteiger partial charge in [-0.1, -0.05) is 12.1 Å². The molecule has 6 nitrogen and oxygen atoms in total. The van der Waals surface area contributed by atoms with Crippen molar-refractivity contribution in [2.45, 2.75) is 10.1 Å². The predicted molar refractivity (Wildman–Crippen MR) is 85.1 cm³/mol. The number of carbonyl (C=O) groups excluding carboxylic acids is 1. The summed E-state index contributed by atoms with van der Waals surface area (Å²) >= 11 is 1.50. The molecule has 1 amide bonds. The molecular formula is C15H19N3O3S. The number of imidazole rings is 1. The number of benzene rings is 1. The van der Waals surface area contributed by atoms with Gasteiger partial charge < -0.3 is 19.4 Å². The quantitative estimate of drug-likeness (QED) is 0.755. The van der Waals surface area contributed by atoms with E-state index in [1.54, 1.807) is 13.3 Å². The number of aryl methyl sites for hydroxylation is 1. The molecule has 0 saturated heterocycles. The van der Waals surface area contributed by atoms with Crippen LogP contribution in [0.2, 0.25) is 0 Å². The van der Waals surface area contributed by atoms with Gasteiger partial charge in [-0.2, -0.15) is 0 Å². The molecule has 1 aromatic carbocycles. The second-order valence-electron chi connectivity index (χ2n) is 4.51. The Labute approximate surface area is 133 Å². The number of carbonyl (C=O) groups is 1. The molecule has 0 fully saturated rings. The van der Waals surface area contributed by atoms with E-state index in [0.717, 1.165) is 15.7 Å². The topological polar surface area (TPSA) is 65.4 Å². The molecule has 22 heavy (non-hydrogen) atoms. The fourth-order valence-electron chi connectivity index (χ4n) is 1.70. The number of rotatable bonds is 8. The van der Waals surface area contributed by atoms with E-state index in [4.69, 9.17) is 9.47 Å². The zero-order valence-electron chi connectivity index (χ0n) is 12.6. The second kappa shape index (κ2) is 8.57. The van der Waals surface area contributed by atoms with Gasteiger partial charge in [-0.3, -0.25) is 4.79 Å². The van der Waals surface area contributed by atoms with Gasteiger partial charge >= 0.3 is 0 Å². The molecule has 0 bridgehead atoms. The van der Waals surface area contributed by atoms with E-state index in [0.29, 0.717) is 13.2 Å².